The van der Waals surface area contributed by atoms with Gasteiger partial charge in [0.15, 0.2) is 0 Å². The number of rotatable bonds is 5. The van der Waals surface area contributed by atoms with Crippen LogP contribution in [0.15, 0.2) is 0 Å². The highest BCUT2D eigenvalue weighted by Gasteiger charge is 2.22. The second-order valence-electron chi connectivity index (χ2n) is 5.06. The Balaban J connectivity index is 1.71. The Kier molecular flexibility index (Phi) is 5.67. The van der Waals surface area contributed by atoms with E-state index in [1.807, 2.05) is 0 Å². The lowest BCUT2D eigenvalue weighted by molar-refractivity contribution is 0.136. The maximum absolute atomic E-state index is 5.68. The molecule has 100 valence electrons. The van der Waals surface area contributed by atoms with E-state index >= 15 is 0 Å². The predicted octanol–water partition coefficient (Wildman–Crippen LogP) is -1.49. The van der Waals surface area contributed by atoms with Gasteiger partial charge in [0.1, 0.15) is 0 Å². The largest absolute Gasteiger partial charge is 0.329 e. The van der Waals surface area contributed by atoms with Crippen molar-refractivity contribution < 1.29 is 0 Å². The van der Waals surface area contributed by atoms with Crippen LogP contribution in [0.5, 0.6) is 0 Å². The van der Waals surface area contributed by atoms with Crippen LogP contribution in [0, 0.1) is 0 Å². The van der Waals surface area contributed by atoms with Gasteiger partial charge in [-0.15, -0.1) is 0 Å². The van der Waals surface area contributed by atoms with Crippen LogP contribution in [-0.4, -0.2) is 81.3 Å². The van der Waals surface area contributed by atoms with Crippen molar-refractivity contribution in [2.24, 2.45) is 5.73 Å². The fourth-order valence-corrected chi connectivity index (χ4v) is 2.81. The molecule has 2 rings (SSSR count). The molecule has 0 aromatic rings. The molecule has 0 aromatic carbocycles. The van der Waals surface area contributed by atoms with Crippen molar-refractivity contribution >= 4 is 0 Å². The molecule has 5 nitrogen and oxygen atoms in total. The molecule has 0 aliphatic carbocycles. The van der Waals surface area contributed by atoms with E-state index in [0.29, 0.717) is 6.04 Å². The van der Waals surface area contributed by atoms with Gasteiger partial charge in [0.2, 0.25) is 0 Å². The molecular formula is C12H27N5. The maximum atomic E-state index is 5.68. The first-order valence-electron chi connectivity index (χ1n) is 6.98. The van der Waals surface area contributed by atoms with Gasteiger partial charge in [-0.2, -0.15) is 0 Å². The lowest BCUT2D eigenvalue weighted by Gasteiger charge is -2.37. The Hall–Kier alpha value is -0.200. The standard InChI is InChI=1S/C12H27N5/c13-2-7-17-10-5-15-11-12(17)1-6-16-8-3-14-4-9-16/h12,14-15H,1-11,13H2. The first-order valence-corrected chi connectivity index (χ1v) is 6.98. The number of nitrogens with zero attached hydrogens (tertiary/aromatic N) is 2. The molecule has 4 N–H and O–H groups in total. The normalized spacial score (nSPS) is 28.4. The van der Waals surface area contributed by atoms with Gasteiger partial charge in [0.25, 0.3) is 0 Å². The van der Waals surface area contributed by atoms with Crippen molar-refractivity contribution in [2.45, 2.75) is 12.5 Å². The van der Waals surface area contributed by atoms with E-state index in [-0.39, 0.29) is 0 Å². The number of nitrogens with one attached hydrogen (secondary N) is 2. The number of hydrogen-bond donors (Lipinski definition) is 3. The van der Waals surface area contributed by atoms with Crippen LogP contribution in [0.2, 0.25) is 0 Å². The lowest BCUT2D eigenvalue weighted by Crippen LogP contribution is -2.54. The Morgan fingerprint density at radius 3 is 2.53 bits per heavy atom. The molecule has 0 radical (unpaired) electrons. The van der Waals surface area contributed by atoms with Crippen LogP contribution < -0.4 is 16.4 Å². The Morgan fingerprint density at radius 2 is 1.76 bits per heavy atom. The van der Waals surface area contributed by atoms with E-state index in [4.69, 9.17) is 5.73 Å². The third-order valence-electron chi connectivity index (χ3n) is 3.88. The average Bonchev–Trinajstić information content (AvgIpc) is 2.39. The van der Waals surface area contributed by atoms with Crippen molar-refractivity contribution in [3.8, 4) is 0 Å². The summed E-state index contributed by atoms with van der Waals surface area (Å²) in [6.45, 7) is 11.2. The van der Waals surface area contributed by atoms with E-state index in [2.05, 4.69) is 20.4 Å². The molecule has 1 atom stereocenters. The quantitative estimate of drug-likeness (QED) is 0.548. The Morgan fingerprint density at radius 1 is 1.00 bits per heavy atom. The molecule has 1 unspecified atom stereocenters. The second kappa shape index (κ2) is 7.28. The Labute approximate surface area is 105 Å². The summed E-state index contributed by atoms with van der Waals surface area (Å²) in [4.78, 5) is 5.13. The van der Waals surface area contributed by atoms with Crippen molar-refractivity contribution in [1.82, 2.24) is 20.4 Å². The number of hydrogen-bond acceptors (Lipinski definition) is 5. The van der Waals surface area contributed by atoms with Gasteiger partial charge in [-0.1, -0.05) is 0 Å². The van der Waals surface area contributed by atoms with Crippen LogP contribution in [0.1, 0.15) is 6.42 Å². The monoisotopic (exact) mass is 241 g/mol. The molecule has 0 saturated carbocycles. The summed E-state index contributed by atoms with van der Waals surface area (Å²) in [7, 11) is 0. The summed E-state index contributed by atoms with van der Waals surface area (Å²) in [5.41, 5.74) is 5.68. The topological polar surface area (TPSA) is 56.6 Å². The second-order valence-corrected chi connectivity index (χ2v) is 5.06. The lowest BCUT2D eigenvalue weighted by atomic mass is 10.1. The summed E-state index contributed by atoms with van der Waals surface area (Å²) in [5.74, 6) is 0. The van der Waals surface area contributed by atoms with E-state index < -0.39 is 0 Å². The molecule has 2 aliphatic heterocycles. The minimum atomic E-state index is 0.683. The van der Waals surface area contributed by atoms with Crippen LogP contribution >= 0.6 is 0 Å². The van der Waals surface area contributed by atoms with Crippen LogP contribution in [0.4, 0.5) is 0 Å². The molecule has 2 heterocycles. The molecule has 0 spiro atoms. The summed E-state index contributed by atoms with van der Waals surface area (Å²) in [5, 5.41) is 6.90. The molecule has 2 saturated heterocycles. The van der Waals surface area contributed by atoms with E-state index in [9.17, 15) is 0 Å². The third-order valence-corrected chi connectivity index (χ3v) is 3.88. The summed E-state index contributed by atoms with van der Waals surface area (Å²) in [6.07, 6.45) is 1.27. The highest BCUT2D eigenvalue weighted by atomic mass is 15.2. The predicted molar refractivity (Wildman–Crippen MR) is 71.2 cm³/mol. The summed E-state index contributed by atoms with van der Waals surface area (Å²) >= 11 is 0. The molecule has 0 bridgehead atoms. The summed E-state index contributed by atoms with van der Waals surface area (Å²) in [6, 6.07) is 0.683. The van der Waals surface area contributed by atoms with E-state index in [0.717, 1.165) is 45.8 Å². The fraction of sp³-hybridized carbons (Fsp3) is 1.00. The summed E-state index contributed by atoms with van der Waals surface area (Å²) < 4.78 is 0. The van der Waals surface area contributed by atoms with E-state index in [1.54, 1.807) is 0 Å². The number of nitrogens with two attached hydrogens (primary N) is 1. The Bertz CT molecular complexity index is 203. The van der Waals surface area contributed by atoms with Crippen molar-refractivity contribution in [3.63, 3.8) is 0 Å². The third kappa shape index (κ3) is 4.19. The molecule has 5 heteroatoms. The molecule has 17 heavy (non-hydrogen) atoms. The van der Waals surface area contributed by atoms with Gasteiger partial charge >= 0.3 is 0 Å². The van der Waals surface area contributed by atoms with Crippen molar-refractivity contribution in [3.05, 3.63) is 0 Å². The van der Waals surface area contributed by atoms with E-state index in [1.165, 1.54) is 26.1 Å². The molecule has 2 aliphatic rings. The zero-order chi connectivity index (χ0) is 11.9. The van der Waals surface area contributed by atoms with Gasteiger partial charge in [-0.05, 0) is 13.0 Å². The van der Waals surface area contributed by atoms with Crippen LogP contribution in [-0.2, 0) is 0 Å². The highest BCUT2D eigenvalue weighted by molar-refractivity contribution is 4.81. The van der Waals surface area contributed by atoms with Crippen molar-refractivity contribution in [1.29, 1.82) is 0 Å². The minimum Gasteiger partial charge on any atom is -0.329 e. The van der Waals surface area contributed by atoms with Crippen LogP contribution in [0.25, 0.3) is 0 Å². The highest BCUT2D eigenvalue weighted by Crippen LogP contribution is 2.08. The van der Waals surface area contributed by atoms with Gasteiger partial charge < -0.3 is 21.3 Å². The SMILES string of the molecule is NCCN1CCNCC1CCN1CCNCC1. The molecule has 2 fully saturated rings. The smallest absolute Gasteiger partial charge is 0.0233 e. The minimum absolute atomic E-state index is 0.683. The first-order chi connectivity index (χ1) is 8.40. The maximum Gasteiger partial charge on any atom is 0.0233 e. The first kappa shape index (κ1) is 13.2. The number of piperazine rings is 2. The molecule has 0 amide bonds. The molecule has 0 aromatic heterocycles. The van der Waals surface area contributed by atoms with Gasteiger partial charge in [0.05, 0.1) is 0 Å². The fourth-order valence-electron chi connectivity index (χ4n) is 2.81. The van der Waals surface area contributed by atoms with Gasteiger partial charge in [-0.25, -0.2) is 0 Å². The van der Waals surface area contributed by atoms with Crippen molar-refractivity contribution in [2.75, 3.05) is 65.4 Å². The zero-order valence-corrected chi connectivity index (χ0v) is 10.8. The average molecular weight is 241 g/mol. The molecular weight excluding hydrogens is 214 g/mol. The van der Waals surface area contributed by atoms with Gasteiger partial charge in [-0.3, -0.25) is 4.90 Å². The van der Waals surface area contributed by atoms with Gasteiger partial charge in [0, 0.05) is 64.9 Å². The van der Waals surface area contributed by atoms with Crippen LogP contribution in [0.3, 0.4) is 0 Å². The zero-order valence-electron chi connectivity index (χ0n) is 10.8.